The van der Waals surface area contributed by atoms with Crippen molar-refractivity contribution in [1.82, 2.24) is 4.98 Å². The fourth-order valence-corrected chi connectivity index (χ4v) is 1.90. The SMILES string of the molecule is Br[C@@H]1CCNc2ccncc21. The maximum absolute atomic E-state index is 4.08. The van der Waals surface area contributed by atoms with E-state index in [9.17, 15) is 0 Å². The molecule has 1 N–H and O–H groups in total. The highest BCUT2D eigenvalue weighted by Gasteiger charge is 2.16. The van der Waals surface area contributed by atoms with Crippen LogP contribution < -0.4 is 5.32 Å². The lowest BCUT2D eigenvalue weighted by molar-refractivity contribution is 0.817. The Morgan fingerprint density at radius 2 is 2.55 bits per heavy atom. The van der Waals surface area contributed by atoms with Gasteiger partial charge in [0.2, 0.25) is 0 Å². The van der Waals surface area contributed by atoms with Crippen LogP contribution in [0.15, 0.2) is 18.5 Å². The first-order valence-corrected chi connectivity index (χ1v) is 4.61. The van der Waals surface area contributed by atoms with Gasteiger partial charge in [0.15, 0.2) is 0 Å². The summed E-state index contributed by atoms with van der Waals surface area (Å²) >= 11 is 3.61. The summed E-state index contributed by atoms with van der Waals surface area (Å²) in [6.07, 6.45) is 4.87. The van der Waals surface area contributed by atoms with E-state index in [1.807, 2.05) is 18.5 Å². The molecule has 0 radical (unpaired) electrons. The van der Waals surface area contributed by atoms with E-state index in [4.69, 9.17) is 0 Å². The average Bonchev–Trinajstić information content (AvgIpc) is 2.06. The number of alkyl halides is 1. The lowest BCUT2D eigenvalue weighted by Crippen LogP contribution is -2.13. The normalized spacial score (nSPS) is 22.1. The van der Waals surface area contributed by atoms with Crippen LogP contribution in [0.3, 0.4) is 0 Å². The van der Waals surface area contributed by atoms with Crippen molar-refractivity contribution >= 4 is 21.6 Å². The molecule has 1 aliphatic heterocycles. The summed E-state index contributed by atoms with van der Waals surface area (Å²) in [5.74, 6) is 0. The summed E-state index contributed by atoms with van der Waals surface area (Å²) in [6.45, 7) is 1.05. The molecule has 1 aromatic rings. The van der Waals surface area contributed by atoms with E-state index in [-0.39, 0.29) is 0 Å². The Balaban J connectivity index is 2.44. The number of rotatable bonds is 0. The Hall–Kier alpha value is -0.570. The van der Waals surface area contributed by atoms with Crippen molar-refractivity contribution < 1.29 is 0 Å². The molecule has 0 bridgehead atoms. The van der Waals surface area contributed by atoms with E-state index < -0.39 is 0 Å². The van der Waals surface area contributed by atoms with E-state index in [2.05, 4.69) is 26.2 Å². The fraction of sp³-hybridized carbons (Fsp3) is 0.375. The first kappa shape index (κ1) is 7.10. The van der Waals surface area contributed by atoms with E-state index in [1.165, 1.54) is 11.3 Å². The van der Waals surface area contributed by atoms with Gasteiger partial charge in [-0.2, -0.15) is 0 Å². The van der Waals surface area contributed by atoms with Gasteiger partial charge in [-0.3, -0.25) is 4.98 Å². The molecule has 0 aromatic carbocycles. The van der Waals surface area contributed by atoms with E-state index in [1.54, 1.807) is 0 Å². The number of aromatic nitrogens is 1. The zero-order valence-corrected chi connectivity index (χ0v) is 7.63. The van der Waals surface area contributed by atoms with Gasteiger partial charge >= 0.3 is 0 Å². The molecular formula is C8H9BrN2. The number of nitrogens with one attached hydrogen (secondary N) is 1. The molecule has 2 nitrogen and oxygen atoms in total. The molecule has 58 valence electrons. The lowest BCUT2D eigenvalue weighted by atomic mass is 10.1. The molecule has 0 fully saturated rings. The quantitative estimate of drug-likeness (QED) is 0.669. The Morgan fingerprint density at radius 1 is 1.64 bits per heavy atom. The summed E-state index contributed by atoms with van der Waals surface area (Å²) < 4.78 is 0. The summed E-state index contributed by atoms with van der Waals surface area (Å²) in [5, 5.41) is 3.32. The molecular weight excluding hydrogens is 204 g/mol. The molecule has 0 saturated heterocycles. The van der Waals surface area contributed by atoms with Crippen molar-refractivity contribution in [2.75, 3.05) is 11.9 Å². The topological polar surface area (TPSA) is 24.9 Å². The number of nitrogens with zero attached hydrogens (tertiary/aromatic N) is 1. The third-order valence-electron chi connectivity index (χ3n) is 1.90. The standard InChI is InChI=1S/C8H9BrN2/c9-7-1-4-11-8-2-3-10-5-6(7)8/h2-3,5,7,11H,1,4H2/t7-/m1/s1. The third-order valence-corrected chi connectivity index (χ3v) is 2.85. The number of anilines is 1. The smallest absolute Gasteiger partial charge is 0.0447 e. The number of halogens is 1. The Bertz CT molecular complexity index is 262. The van der Waals surface area contributed by atoms with Crippen LogP contribution in [0.2, 0.25) is 0 Å². The molecule has 2 rings (SSSR count). The zero-order valence-electron chi connectivity index (χ0n) is 6.05. The highest BCUT2D eigenvalue weighted by atomic mass is 79.9. The van der Waals surface area contributed by atoms with Crippen molar-refractivity contribution in [2.24, 2.45) is 0 Å². The average molecular weight is 213 g/mol. The Morgan fingerprint density at radius 3 is 3.36 bits per heavy atom. The summed E-state index contributed by atoms with van der Waals surface area (Å²) in [5.41, 5.74) is 2.49. The first-order chi connectivity index (χ1) is 5.38. The number of hydrogen-bond donors (Lipinski definition) is 1. The predicted molar refractivity (Wildman–Crippen MR) is 49.0 cm³/mol. The lowest BCUT2D eigenvalue weighted by Gasteiger charge is -2.21. The molecule has 0 saturated carbocycles. The minimum absolute atomic E-state index is 0.479. The molecule has 0 unspecified atom stereocenters. The second-order valence-electron chi connectivity index (χ2n) is 2.65. The molecule has 11 heavy (non-hydrogen) atoms. The van der Waals surface area contributed by atoms with Gasteiger partial charge in [-0.25, -0.2) is 0 Å². The fourth-order valence-electron chi connectivity index (χ4n) is 1.31. The van der Waals surface area contributed by atoms with Crippen molar-refractivity contribution in [3.63, 3.8) is 0 Å². The van der Waals surface area contributed by atoms with Gasteiger partial charge in [0.25, 0.3) is 0 Å². The highest BCUT2D eigenvalue weighted by Crippen LogP contribution is 2.34. The molecule has 1 atom stereocenters. The molecule has 2 heterocycles. The van der Waals surface area contributed by atoms with Crippen LogP contribution in [0, 0.1) is 0 Å². The van der Waals surface area contributed by atoms with Gasteiger partial charge < -0.3 is 5.32 Å². The van der Waals surface area contributed by atoms with E-state index >= 15 is 0 Å². The van der Waals surface area contributed by atoms with Gasteiger partial charge in [0.1, 0.15) is 0 Å². The summed E-state index contributed by atoms with van der Waals surface area (Å²) in [7, 11) is 0. The third kappa shape index (κ3) is 1.25. The minimum atomic E-state index is 0.479. The monoisotopic (exact) mass is 212 g/mol. The van der Waals surface area contributed by atoms with Crippen LogP contribution in [0.25, 0.3) is 0 Å². The largest absolute Gasteiger partial charge is 0.385 e. The summed E-state index contributed by atoms with van der Waals surface area (Å²) in [6, 6.07) is 2.02. The molecule has 0 spiro atoms. The maximum Gasteiger partial charge on any atom is 0.0447 e. The summed E-state index contributed by atoms with van der Waals surface area (Å²) in [4.78, 5) is 4.56. The predicted octanol–water partition coefficient (Wildman–Crippen LogP) is 2.33. The number of hydrogen-bond acceptors (Lipinski definition) is 2. The van der Waals surface area contributed by atoms with Gasteiger partial charge in [0.05, 0.1) is 0 Å². The van der Waals surface area contributed by atoms with Crippen LogP contribution in [0.5, 0.6) is 0 Å². The van der Waals surface area contributed by atoms with Crippen LogP contribution in [-0.2, 0) is 0 Å². The van der Waals surface area contributed by atoms with E-state index in [0.29, 0.717) is 4.83 Å². The molecule has 3 heteroatoms. The minimum Gasteiger partial charge on any atom is -0.385 e. The van der Waals surface area contributed by atoms with Gasteiger partial charge in [0, 0.05) is 35.0 Å². The van der Waals surface area contributed by atoms with Crippen LogP contribution in [0.4, 0.5) is 5.69 Å². The zero-order chi connectivity index (χ0) is 7.68. The number of pyridine rings is 1. The van der Waals surface area contributed by atoms with Crippen LogP contribution in [-0.4, -0.2) is 11.5 Å². The van der Waals surface area contributed by atoms with Crippen LogP contribution in [0.1, 0.15) is 16.8 Å². The van der Waals surface area contributed by atoms with Gasteiger partial charge in [-0.15, -0.1) is 0 Å². The number of fused-ring (bicyclic) bond motifs is 1. The highest BCUT2D eigenvalue weighted by molar-refractivity contribution is 9.09. The van der Waals surface area contributed by atoms with E-state index in [0.717, 1.165) is 13.0 Å². The van der Waals surface area contributed by atoms with Crippen molar-refractivity contribution in [1.29, 1.82) is 0 Å². The molecule has 1 aromatic heterocycles. The molecule has 1 aliphatic rings. The second kappa shape index (κ2) is 2.81. The van der Waals surface area contributed by atoms with Crippen molar-refractivity contribution in [3.05, 3.63) is 24.0 Å². The molecule has 0 aliphatic carbocycles. The van der Waals surface area contributed by atoms with Gasteiger partial charge in [-0.05, 0) is 12.5 Å². The van der Waals surface area contributed by atoms with Crippen molar-refractivity contribution in [3.8, 4) is 0 Å². The maximum atomic E-state index is 4.08. The Labute approximate surface area is 74.2 Å². The Kier molecular flexibility index (Phi) is 1.82. The van der Waals surface area contributed by atoms with Crippen LogP contribution >= 0.6 is 15.9 Å². The van der Waals surface area contributed by atoms with Crippen molar-refractivity contribution in [2.45, 2.75) is 11.2 Å². The first-order valence-electron chi connectivity index (χ1n) is 3.70. The second-order valence-corrected chi connectivity index (χ2v) is 3.75. The molecule has 0 amide bonds. The van der Waals surface area contributed by atoms with Gasteiger partial charge in [-0.1, -0.05) is 15.9 Å².